The minimum Gasteiger partial charge on any atom is -0.768 e. The molecule has 0 aliphatic heterocycles. The van der Waals surface area contributed by atoms with Crippen molar-refractivity contribution in [3.63, 3.8) is 0 Å². The van der Waals surface area contributed by atoms with E-state index in [9.17, 15) is 13.6 Å². The lowest BCUT2D eigenvalue weighted by atomic mass is 9.77. The molecule has 0 saturated carbocycles. The van der Waals surface area contributed by atoms with Gasteiger partial charge in [-0.1, -0.05) is 45.0 Å². The van der Waals surface area contributed by atoms with Crippen molar-refractivity contribution in [2.45, 2.75) is 49.8 Å². The van der Waals surface area contributed by atoms with Gasteiger partial charge in [-0.15, -0.1) is 0 Å². The first kappa shape index (κ1) is 25.4. The van der Waals surface area contributed by atoms with Gasteiger partial charge in [-0.3, -0.25) is 9.00 Å². The number of hydrogen-bond donors (Lipinski definition) is 3. The Balaban J connectivity index is 2.13. The largest absolute Gasteiger partial charge is 0.768 e. The van der Waals surface area contributed by atoms with Gasteiger partial charge >= 0.3 is 5.97 Å². The number of carbonyl (C=O) groups is 1. The van der Waals surface area contributed by atoms with Crippen molar-refractivity contribution in [1.29, 1.82) is 0 Å². The number of anilines is 2. The van der Waals surface area contributed by atoms with Gasteiger partial charge in [0.1, 0.15) is 0 Å². The Labute approximate surface area is 192 Å². The van der Waals surface area contributed by atoms with Crippen molar-refractivity contribution in [1.82, 2.24) is 0 Å². The van der Waals surface area contributed by atoms with E-state index in [1.54, 1.807) is 18.2 Å². The molecule has 0 fully saturated rings. The quantitative estimate of drug-likeness (QED) is 0.211. The molecule has 2 aromatic rings. The summed E-state index contributed by atoms with van der Waals surface area (Å²) in [5.74, 6) is -0.781. The summed E-state index contributed by atoms with van der Waals surface area (Å²) in [6, 6.07) is 14.8. The molecule has 1 unspecified atom stereocenters. The van der Waals surface area contributed by atoms with Gasteiger partial charge in [-0.05, 0) is 71.5 Å². The van der Waals surface area contributed by atoms with Crippen LogP contribution in [0.25, 0.3) is 0 Å². The Hall–Kier alpha value is -2.90. The smallest absolute Gasteiger partial charge is 0.303 e. The molecule has 0 radical (unpaired) electrons. The third kappa shape index (κ3) is 7.66. The van der Waals surface area contributed by atoms with Gasteiger partial charge in [0, 0.05) is 40.9 Å². The number of unbranched alkanes of at least 4 members (excludes halogenated alkanes) is 2. The van der Waals surface area contributed by atoms with Gasteiger partial charge in [0.05, 0.1) is 0 Å². The molecule has 0 amide bonds. The first-order valence-electron chi connectivity index (χ1n) is 10.6. The van der Waals surface area contributed by atoms with Gasteiger partial charge in [0.2, 0.25) is 0 Å². The zero-order valence-corrected chi connectivity index (χ0v) is 19.4. The second-order valence-electron chi connectivity index (χ2n) is 8.07. The lowest BCUT2D eigenvalue weighted by Gasteiger charge is -2.30. The molecule has 0 aliphatic carbocycles. The highest BCUT2D eigenvalue weighted by atomic mass is 32.2. The summed E-state index contributed by atoms with van der Waals surface area (Å²) < 4.78 is 23.1. The SMILES string of the molecule is C=C(/C=C/Nc1ccccc1)C(C)(C)c1cc(S(=O)[O-])ccc1NCCCCCC(=O)O. The van der Waals surface area contributed by atoms with Crippen molar-refractivity contribution < 1.29 is 18.7 Å². The summed E-state index contributed by atoms with van der Waals surface area (Å²) in [6.07, 6.45) is 6.16. The molecule has 6 nitrogen and oxygen atoms in total. The predicted molar refractivity (Wildman–Crippen MR) is 130 cm³/mol. The molecule has 0 spiro atoms. The van der Waals surface area contributed by atoms with Crippen LogP contribution in [0.1, 0.15) is 45.1 Å². The first-order valence-corrected chi connectivity index (χ1v) is 11.7. The number of carboxylic acids is 1. The number of hydrogen-bond acceptors (Lipinski definition) is 5. The Morgan fingerprint density at radius 1 is 1.16 bits per heavy atom. The van der Waals surface area contributed by atoms with E-state index >= 15 is 0 Å². The maximum absolute atomic E-state index is 11.6. The molecule has 1 atom stereocenters. The fourth-order valence-corrected chi connectivity index (χ4v) is 3.65. The number of nitrogens with one attached hydrogen (secondary N) is 2. The van der Waals surface area contributed by atoms with E-state index in [2.05, 4.69) is 17.2 Å². The van der Waals surface area contributed by atoms with Crippen LogP contribution in [0.15, 0.2) is 77.9 Å². The summed E-state index contributed by atoms with van der Waals surface area (Å²) in [5, 5.41) is 15.3. The average molecular weight is 456 g/mol. The maximum Gasteiger partial charge on any atom is 0.303 e. The fourth-order valence-electron chi connectivity index (χ4n) is 3.25. The lowest BCUT2D eigenvalue weighted by molar-refractivity contribution is -0.137. The molecular formula is C25H31N2O4S-. The van der Waals surface area contributed by atoms with Crippen molar-refractivity contribution >= 4 is 28.4 Å². The Morgan fingerprint density at radius 3 is 2.53 bits per heavy atom. The highest BCUT2D eigenvalue weighted by Gasteiger charge is 2.26. The van der Waals surface area contributed by atoms with Gasteiger partial charge in [0.15, 0.2) is 0 Å². The van der Waals surface area contributed by atoms with Crippen LogP contribution in [-0.2, 0) is 21.3 Å². The molecule has 0 aromatic heterocycles. The van der Waals surface area contributed by atoms with Crippen LogP contribution in [0.4, 0.5) is 11.4 Å². The number of allylic oxidation sites excluding steroid dienone is 2. The summed E-state index contributed by atoms with van der Waals surface area (Å²) in [5.41, 5.74) is 2.92. The van der Waals surface area contributed by atoms with Crippen LogP contribution in [-0.4, -0.2) is 26.4 Å². The first-order chi connectivity index (χ1) is 15.2. The van der Waals surface area contributed by atoms with Crippen molar-refractivity contribution in [2.75, 3.05) is 17.2 Å². The van der Waals surface area contributed by atoms with E-state index in [1.807, 2.05) is 56.5 Å². The Morgan fingerprint density at radius 2 is 1.88 bits per heavy atom. The topological polar surface area (TPSA) is 101 Å². The van der Waals surface area contributed by atoms with Gasteiger partial charge in [-0.25, -0.2) is 0 Å². The second kappa shape index (κ2) is 12.2. The third-order valence-corrected chi connectivity index (χ3v) is 5.99. The van der Waals surface area contributed by atoms with Crippen LogP contribution in [0.5, 0.6) is 0 Å². The van der Waals surface area contributed by atoms with Crippen molar-refractivity contribution in [3.05, 3.63) is 78.5 Å². The second-order valence-corrected chi connectivity index (χ2v) is 9.01. The van der Waals surface area contributed by atoms with Crippen molar-refractivity contribution in [2.24, 2.45) is 0 Å². The predicted octanol–water partition coefficient (Wildman–Crippen LogP) is 5.44. The molecule has 0 saturated heterocycles. The van der Waals surface area contributed by atoms with Crippen LogP contribution in [0.2, 0.25) is 0 Å². The average Bonchev–Trinajstić information content (AvgIpc) is 2.76. The highest BCUT2D eigenvalue weighted by molar-refractivity contribution is 7.79. The zero-order chi connectivity index (χ0) is 23.6. The van der Waals surface area contributed by atoms with Crippen LogP contribution < -0.4 is 10.6 Å². The maximum atomic E-state index is 11.6. The normalized spacial score (nSPS) is 12.5. The minimum absolute atomic E-state index is 0.172. The molecule has 172 valence electrons. The molecule has 0 heterocycles. The number of benzene rings is 2. The molecular weight excluding hydrogens is 424 g/mol. The van der Waals surface area contributed by atoms with E-state index < -0.39 is 22.5 Å². The number of carboxylic acid groups (broad SMARTS) is 1. The van der Waals surface area contributed by atoms with Crippen LogP contribution in [0, 0.1) is 0 Å². The fraction of sp³-hybridized carbons (Fsp3) is 0.320. The number of para-hydroxylation sites is 1. The summed E-state index contributed by atoms with van der Waals surface area (Å²) in [4.78, 5) is 10.9. The van der Waals surface area contributed by atoms with E-state index in [-0.39, 0.29) is 11.3 Å². The summed E-state index contributed by atoms with van der Waals surface area (Å²) in [6.45, 7) is 8.90. The monoisotopic (exact) mass is 455 g/mol. The van der Waals surface area contributed by atoms with E-state index in [1.165, 1.54) is 0 Å². The highest BCUT2D eigenvalue weighted by Crippen LogP contribution is 2.37. The molecule has 0 bridgehead atoms. The molecule has 2 aromatic carbocycles. The standard InChI is InChI=1S/C25H32N2O4S/c1-19(15-17-26-20-10-6-4-7-11-20)25(2,3)22-18-21(32(30)31)13-14-23(22)27-16-9-5-8-12-24(28)29/h4,6-7,10-11,13-15,17-18,26-27H,1,5,8-9,12,16H2,2-3H3,(H,28,29)(H,30,31)/p-1/b17-15+. The van der Waals surface area contributed by atoms with E-state index in [0.29, 0.717) is 13.0 Å². The molecule has 2 rings (SSSR count). The molecule has 0 aliphatic rings. The van der Waals surface area contributed by atoms with Crippen molar-refractivity contribution in [3.8, 4) is 0 Å². The van der Waals surface area contributed by atoms with Crippen LogP contribution >= 0.6 is 0 Å². The number of aliphatic carboxylic acids is 1. The van der Waals surface area contributed by atoms with Gasteiger partial charge in [-0.2, -0.15) is 0 Å². The molecule has 32 heavy (non-hydrogen) atoms. The van der Waals surface area contributed by atoms with E-state index in [0.717, 1.165) is 35.4 Å². The van der Waals surface area contributed by atoms with E-state index in [4.69, 9.17) is 5.11 Å². The van der Waals surface area contributed by atoms with Gasteiger partial charge in [0.25, 0.3) is 0 Å². The molecule has 3 N–H and O–H groups in total. The molecule has 7 heteroatoms. The number of rotatable bonds is 13. The third-order valence-electron chi connectivity index (χ3n) is 5.35. The minimum atomic E-state index is -2.33. The van der Waals surface area contributed by atoms with Crippen LogP contribution in [0.3, 0.4) is 0 Å². The summed E-state index contributed by atoms with van der Waals surface area (Å²) in [7, 11) is 0. The Bertz CT molecular complexity index is 971. The Kier molecular flexibility index (Phi) is 9.68. The summed E-state index contributed by atoms with van der Waals surface area (Å²) >= 11 is -2.33. The lowest BCUT2D eigenvalue weighted by Crippen LogP contribution is -2.22. The zero-order valence-electron chi connectivity index (χ0n) is 18.6. The van der Waals surface area contributed by atoms with Gasteiger partial charge < -0.3 is 20.3 Å².